The van der Waals surface area contributed by atoms with Crippen LogP contribution in [-0.2, 0) is 24.7 Å². The number of amides is 4. The Kier molecular flexibility index (Phi) is 6.05. The fraction of sp³-hybridized carbons (Fsp3) is 0.500. The number of rotatable bonds is 7. The van der Waals surface area contributed by atoms with E-state index >= 15 is 0 Å². The molecule has 1 aromatic carbocycles. The van der Waals surface area contributed by atoms with E-state index in [1.54, 1.807) is 24.3 Å². The summed E-state index contributed by atoms with van der Waals surface area (Å²) in [4.78, 5) is 50.2. The van der Waals surface area contributed by atoms with Crippen molar-refractivity contribution in [3.63, 3.8) is 0 Å². The Morgan fingerprint density at radius 2 is 2.10 bits per heavy atom. The van der Waals surface area contributed by atoms with Gasteiger partial charge in [0.05, 0.1) is 6.61 Å². The Hall–Kier alpha value is -3.10. The van der Waals surface area contributed by atoms with Crippen LogP contribution in [0.4, 0.5) is 4.79 Å². The molecule has 9 nitrogen and oxygen atoms in total. The van der Waals surface area contributed by atoms with Crippen LogP contribution in [0.5, 0.6) is 5.75 Å². The molecule has 2 aliphatic heterocycles. The van der Waals surface area contributed by atoms with E-state index in [-0.39, 0.29) is 19.1 Å². The number of carbonyl (C=O) groups excluding carboxylic acids is 4. The molecule has 0 bridgehead atoms. The summed E-state index contributed by atoms with van der Waals surface area (Å²) >= 11 is 0. The summed E-state index contributed by atoms with van der Waals surface area (Å²) in [7, 11) is 0. The highest BCUT2D eigenvalue weighted by molar-refractivity contribution is 6.09. The molecular weight excluding hydrogens is 378 g/mol. The van der Waals surface area contributed by atoms with Gasteiger partial charge in [-0.15, -0.1) is 0 Å². The molecule has 0 unspecified atom stereocenters. The van der Waals surface area contributed by atoms with Crippen LogP contribution in [0.25, 0.3) is 0 Å². The SMILES string of the molecule is CCC[C@@H](C)NC(=O)COC(=O)CN1C(=O)N[C@@]2(CCOc3ccccc32)C1=O. The van der Waals surface area contributed by atoms with Gasteiger partial charge < -0.3 is 20.1 Å². The number of imide groups is 1. The van der Waals surface area contributed by atoms with E-state index in [2.05, 4.69) is 10.6 Å². The molecule has 29 heavy (non-hydrogen) atoms. The predicted octanol–water partition coefficient (Wildman–Crippen LogP) is 1.06. The van der Waals surface area contributed by atoms with Gasteiger partial charge in [-0.2, -0.15) is 0 Å². The smallest absolute Gasteiger partial charge is 0.326 e. The van der Waals surface area contributed by atoms with E-state index in [1.807, 2.05) is 13.8 Å². The molecule has 156 valence electrons. The van der Waals surface area contributed by atoms with E-state index in [9.17, 15) is 19.2 Å². The van der Waals surface area contributed by atoms with Gasteiger partial charge in [0.2, 0.25) is 0 Å². The van der Waals surface area contributed by atoms with Gasteiger partial charge in [0.15, 0.2) is 12.1 Å². The normalized spacial score (nSPS) is 21.2. The van der Waals surface area contributed by atoms with E-state index in [1.165, 1.54) is 0 Å². The van der Waals surface area contributed by atoms with E-state index in [0.29, 0.717) is 11.3 Å². The summed E-state index contributed by atoms with van der Waals surface area (Å²) in [6, 6.07) is 6.28. The molecule has 3 rings (SSSR count). The minimum atomic E-state index is -1.25. The van der Waals surface area contributed by atoms with Gasteiger partial charge >= 0.3 is 12.0 Å². The number of benzene rings is 1. The zero-order chi connectivity index (χ0) is 21.0. The molecule has 1 aromatic rings. The topological polar surface area (TPSA) is 114 Å². The van der Waals surface area contributed by atoms with Crippen molar-refractivity contribution >= 4 is 23.8 Å². The van der Waals surface area contributed by atoms with Gasteiger partial charge in [-0.3, -0.25) is 19.3 Å². The average molecular weight is 403 g/mol. The fourth-order valence-corrected chi connectivity index (χ4v) is 3.66. The number of esters is 1. The summed E-state index contributed by atoms with van der Waals surface area (Å²) in [6.07, 6.45) is 2.00. The lowest BCUT2D eigenvalue weighted by Crippen LogP contribution is -2.47. The van der Waals surface area contributed by atoms with Gasteiger partial charge in [-0.25, -0.2) is 4.79 Å². The maximum atomic E-state index is 13.0. The summed E-state index contributed by atoms with van der Waals surface area (Å²) in [6.45, 7) is 3.11. The maximum Gasteiger partial charge on any atom is 0.326 e. The largest absolute Gasteiger partial charge is 0.493 e. The van der Waals surface area contributed by atoms with Crippen LogP contribution in [0.15, 0.2) is 24.3 Å². The molecule has 1 saturated heterocycles. The Morgan fingerprint density at radius 3 is 2.86 bits per heavy atom. The van der Waals surface area contributed by atoms with Crippen LogP contribution < -0.4 is 15.4 Å². The van der Waals surface area contributed by atoms with Crippen molar-refractivity contribution in [3.05, 3.63) is 29.8 Å². The number of nitrogens with one attached hydrogen (secondary N) is 2. The molecule has 0 saturated carbocycles. The van der Waals surface area contributed by atoms with Crippen LogP contribution in [0.1, 0.15) is 38.7 Å². The van der Waals surface area contributed by atoms with Crippen LogP contribution in [0.2, 0.25) is 0 Å². The van der Waals surface area contributed by atoms with Crippen molar-refractivity contribution in [2.75, 3.05) is 19.8 Å². The zero-order valence-corrected chi connectivity index (χ0v) is 16.5. The highest BCUT2D eigenvalue weighted by Gasteiger charge is 2.55. The molecule has 4 amide bonds. The van der Waals surface area contributed by atoms with Gasteiger partial charge in [-0.1, -0.05) is 31.5 Å². The summed E-state index contributed by atoms with van der Waals surface area (Å²) in [5.41, 5.74) is -0.691. The standard InChI is InChI=1S/C20H25N3O6/c1-3-6-13(2)21-16(24)12-29-17(25)11-23-18(26)20(22-19(23)27)9-10-28-15-8-5-4-7-14(15)20/h4-5,7-8,13H,3,6,9-12H2,1-2H3,(H,21,24)(H,22,27)/t13-,20-/m1/s1. The van der Waals surface area contributed by atoms with Gasteiger partial charge in [0, 0.05) is 18.0 Å². The van der Waals surface area contributed by atoms with E-state index in [0.717, 1.165) is 17.7 Å². The number of para-hydroxylation sites is 1. The Labute approximate surface area is 168 Å². The Balaban J connectivity index is 1.61. The minimum Gasteiger partial charge on any atom is -0.493 e. The van der Waals surface area contributed by atoms with Gasteiger partial charge in [0.1, 0.15) is 12.3 Å². The number of nitrogens with zero attached hydrogens (tertiary/aromatic N) is 1. The average Bonchev–Trinajstić information content (AvgIpc) is 2.92. The van der Waals surface area contributed by atoms with Crippen LogP contribution in [0, 0.1) is 0 Å². The van der Waals surface area contributed by atoms with E-state index < -0.39 is 42.5 Å². The molecule has 2 aliphatic rings. The third-order valence-electron chi connectivity index (χ3n) is 5.04. The molecule has 0 aromatic heterocycles. The minimum absolute atomic E-state index is 0.0226. The summed E-state index contributed by atoms with van der Waals surface area (Å²) < 4.78 is 10.5. The molecule has 1 spiro atoms. The van der Waals surface area contributed by atoms with Crippen LogP contribution >= 0.6 is 0 Å². The van der Waals surface area contributed by atoms with Crippen molar-refractivity contribution in [1.82, 2.24) is 15.5 Å². The number of carbonyl (C=O) groups is 4. The molecule has 9 heteroatoms. The third kappa shape index (κ3) is 4.18. The van der Waals surface area contributed by atoms with Crippen molar-refractivity contribution < 1.29 is 28.7 Å². The zero-order valence-electron chi connectivity index (χ0n) is 16.5. The number of hydrogen-bond acceptors (Lipinski definition) is 6. The maximum absolute atomic E-state index is 13.0. The number of fused-ring (bicyclic) bond motifs is 2. The van der Waals surface area contributed by atoms with Gasteiger partial charge in [-0.05, 0) is 19.4 Å². The van der Waals surface area contributed by atoms with Crippen molar-refractivity contribution in [1.29, 1.82) is 0 Å². The lowest BCUT2D eigenvalue weighted by Gasteiger charge is -2.33. The highest BCUT2D eigenvalue weighted by atomic mass is 16.5. The molecule has 2 heterocycles. The first-order valence-electron chi connectivity index (χ1n) is 9.68. The lowest BCUT2D eigenvalue weighted by atomic mass is 9.84. The predicted molar refractivity (Wildman–Crippen MR) is 102 cm³/mol. The fourth-order valence-electron chi connectivity index (χ4n) is 3.66. The van der Waals surface area contributed by atoms with Crippen molar-refractivity contribution in [2.45, 2.75) is 44.7 Å². The molecule has 2 N–H and O–H groups in total. The summed E-state index contributed by atoms with van der Waals surface area (Å²) in [5.74, 6) is -1.26. The number of ether oxygens (including phenoxy) is 2. The molecule has 1 fully saturated rings. The van der Waals surface area contributed by atoms with Gasteiger partial charge in [0.25, 0.3) is 11.8 Å². The number of hydrogen-bond donors (Lipinski definition) is 2. The second-order valence-electron chi connectivity index (χ2n) is 7.24. The van der Waals surface area contributed by atoms with Crippen molar-refractivity contribution in [2.24, 2.45) is 0 Å². The van der Waals surface area contributed by atoms with E-state index in [4.69, 9.17) is 9.47 Å². The van der Waals surface area contributed by atoms with Crippen LogP contribution in [-0.4, -0.2) is 54.5 Å². The Morgan fingerprint density at radius 1 is 1.34 bits per heavy atom. The monoisotopic (exact) mass is 403 g/mol. The highest BCUT2D eigenvalue weighted by Crippen LogP contribution is 2.40. The third-order valence-corrected chi connectivity index (χ3v) is 5.04. The molecule has 0 radical (unpaired) electrons. The molecular formula is C20H25N3O6. The first-order valence-corrected chi connectivity index (χ1v) is 9.68. The van der Waals surface area contributed by atoms with Crippen LogP contribution in [0.3, 0.4) is 0 Å². The second-order valence-corrected chi connectivity index (χ2v) is 7.24. The summed E-state index contributed by atoms with van der Waals surface area (Å²) in [5, 5.41) is 5.42. The lowest BCUT2D eigenvalue weighted by molar-refractivity contribution is -0.151. The second kappa shape index (κ2) is 8.50. The quantitative estimate of drug-likeness (QED) is 0.520. The van der Waals surface area contributed by atoms with Crippen molar-refractivity contribution in [3.8, 4) is 5.75 Å². The molecule has 0 aliphatic carbocycles. The first kappa shape index (κ1) is 20.6. The number of urea groups is 1. The first-order chi connectivity index (χ1) is 13.9. The molecule has 2 atom stereocenters. The Bertz CT molecular complexity index is 826.